The summed E-state index contributed by atoms with van der Waals surface area (Å²) in [5, 5.41) is 13.5. The average Bonchev–Trinajstić information content (AvgIpc) is 2.61. The van der Waals surface area contributed by atoms with Crippen LogP contribution in [-0.2, 0) is 12.8 Å². The molecule has 2 atom stereocenters. The smallest absolute Gasteiger partial charge is 0.113 e. The molecule has 2 nitrogen and oxygen atoms in total. The molecule has 1 N–H and O–H groups in total. The van der Waals surface area contributed by atoms with Crippen molar-refractivity contribution in [2.75, 3.05) is 0 Å². The molecule has 0 saturated heterocycles. The first-order chi connectivity index (χ1) is 9.15. The number of nitriles is 1. The van der Waals surface area contributed by atoms with Crippen molar-refractivity contribution >= 4 is 0 Å². The van der Waals surface area contributed by atoms with Crippen molar-refractivity contribution in [3.05, 3.63) is 35.4 Å². The van der Waals surface area contributed by atoms with Gasteiger partial charge in [0.15, 0.2) is 0 Å². The molecular weight excluding hydrogens is 232 g/mol. The minimum absolute atomic E-state index is 0.312. The highest BCUT2D eigenvalue weighted by atomic mass is 15.0. The number of nitrogens with zero attached hydrogens (tertiary/aromatic N) is 1. The summed E-state index contributed by atoms with van der Waals surface area (Å²) in [6.45, 7) is 4.30. The Morgan fingerprint density at radius 1 is 1.16 bits per heavy atom. The lowest BCUT2D eigenvalue weighted by Gasteiger charge is -2.35. The number of fused-ring (bicyclic) bond motifs is 3. The maximum Gasteiger partial charge on any atom is 0.113 e. The molecule has 0 heterocycles. The Bertz CT molecular complexity index is 479. The Hall–Kier alpha value is -1.33. The molecule has 2 aliphatic carbocycles. The topological polar surface area (TPSA) is 35.8 Å². The molecule has 3 rings (SSSR count). The van der Waals surface area contributed by atoms with E-state index in [1.165, 1.54) is 24.0 Å². The summed E-state index contributed by atoms with van der Waals surface area (Å²) < 4.78 is 0. The van der Waals surface area contributed by atoms with Gasteiger partial charge in [-0.3, -0.25) is 5.32 Å². The molecule has 1 fully saturated rings. The predicted octanol–water partition coefficient (Wildman–Crippen LogP) is 3.07. The third-order valence-corrected chi connectivity index (χ3v) is 4.92. The van der Waals surface area contributed by atoms with E-state index in [1.54, 1.807) is 0 Å². The van der Waals surface area contributed by atoms with Gasteiger partial charge >= 0.3 is 0 Å². The SMILES string of the molecule is CC(C)NC1(C#N)C2CCC1Cc1ccccc1C2. The van der Waals surface area contributed by atoms with Gasteiger partial charge in [-0.25, -0.2) is 0 Å². The molecule has 0 amide bonds. The van der Waals surface area contributed by atoms with Crippen molar-refractivity contribution in [1.82, 2.24) is 5.32 Å². The maximum atomic E-state index is 9.86. The van der Waals surface area contributed by atoms with E-state index in [2.05, 4.69) is 49.5 Å². The first kappa shape index (κ1) is 12.7. The molecule has 1 saturated carbocycles. The van der Waals surface area contributed by atoms with E-state index >= 15 is 0 Å². The molecule has 100 valence electrons. The summed E-state index contributed by atoms with van der Waals surface area (Å²) in [5.74, 6) is 0.932. The van der Waals surface area contributed by atoms with Gasteiger partial charge in [-0.1, -0.05) is 24.3 Å². The minimum atomic E-state index is -0.312. The standard InChI is InChI=1S/C17H22N2/c1-12(2)19-17(11-18)15-7-8-16(17)10-14-6-4-3-5-13(14)9-15/h3-6,12,15-16,19H,7-10H2,1-2H3. The number of benzene rings is 1. The maximum absolute atomic E-state index is 9.86. The second kappa shape index (κ2) is 4.65. The molecule has 2 unspecified atom stereocenters. The molecular formula is C17H22N2. The normalized spacial score (nSPS) is 32.7. The molecule has 1 aromatic rings. The van der Waals surface area contributed by atoms with E-state index < -0.39 is 0 Å². The summed E-state index contributed by atoms with van der Waals surface area (Å²) >= 11 is 0. The predicted molar refractivity (Wildman–Crippen MR) is 76.7 cm³/mol. The molecule has 2 aliphatic rings. The summed E-state index contributed by atoms with van der Waals surface area (Å²) in [5.41, 5.74) is 2.60. The van der Waals surface area contributed by atoms with E-state index in [4.69, 9.17) is 0 Å². The van der Waals surface area contributed by atoms with Crippen LogP contribution in [-0.4, -0.2) is 11.6 Å². The quantitative estimate of drug-likeness (QED) is 0.880. The van der Waals surface area contributed by atoms with Gasteiger partial charge in [-0.15, -0.1) is 0 Å². The third kappa shape index (κ3) is 1.97. The van der Waals surface area contributed by atoms with Crippen molar-refractivity contribution in [3.8, 4) is 6.07 Å². The highest BCUT2D eigenvalue weighted by molar-refractivity contribution is 5.35. The zero-order chi connectivity index (χ0) is 13.5. The second-order valence-electron chi connectivity index (χ2n) is 6.43. The van der Waals surface area contributed by atoms with Crippen LogP contribution in [0.2, 0.25) is 0 Å². The van der Waals surface area contributed by atoms with Gasteiger partial charge in [0.05, 0.1) is 6.07 Å². The molecule has 2 bridgehead atoms. The molecule has 0 aliphatic heterocycles. The number of hydrogen-bond acceptors (Lipinski definition) is 2. The Labute approximate surface area is 115 Å². The van der Waals surface area contributed by atoms with E-state index in [0.29, 0.717) is 17.9 Å². The van der Waals surface area contributed by atoms with Gasteiger partial charge in [0.1, 0.15) is 5.54 Å². The number of hydrogen-bond donors (Lipinski definition) is 1. The molecule has 19 heavy (non-hydrogen) atoms. The van der Waals surface area contributed by atoms with Gasteiger partial charge in [0, 0.05) is 6.04 Å². The Balaban J connectivity index is 2.01. The van der Waals surface area contributed by atoms with Crippen molar-refractivity contribution < 1.29 is 0 Å². The average molecular weight is 254 g/mol. The fraction of sp³-hybridized carbons (Fsp3) is 0.588. The second-order valence-corrected chi connectivity index (χ2v) is 6.43. The summed E-state index contributed by atoms with van der Waals surface area (Å²) in [6.07, 6.45) is 4.48. The highest BCUT2D eigenvalue weighted by Crippen LogP contribution is 2.47. The van der Waals surface area contributed by atoms with Crippen LogP contribution in [0.5, 0.6) is 0 Å². The Morgan fingerprint density at radius 2 is 1.68 bits per heavy atom. The molecule has 0 spiro atoms. The number of rotatable bonds is 2. The van der Waals surface area contributed by atoms with E-state index in [9.17, 15) is 5.26 Å². The molecule has 1 aromatic carbocycles. The van der Waals surface area contributed by atoms with Crippen molar-refractivity contribution in [2.24, 2.45) is 11.8 Å². The monoisotopic (exact) mass is 254 g/mol. The summed E-state index contributed by atoms with van der Waals surface area (Å²) in [4.78, 5) is 0. The Morgan fingerprint density at radius 3 is 2.11 bits per heavy atom. The van der Waals surface area contributed by atoms with Crippen molar-refractivity contribution in [3.63, 3.8) is 0 Å². The fourth-order valence-corrected chi connectivity index (χ4v) is 4.13. The minimum Gasteiger partial charge on any atom is -0.297 e. The highest BCUT2D eigenvalue weighted by Gasteiger charge is 2.52. The van der Waals surface area contributed by atoms with Crippen LogP contribution >= 0.6 is 0 Å². The van der Waals surface area contributed by atoms with Crippen LogP contribution in [0.4, 0.5) is 0 Å². The lowest BCUT2D eigenvalue weighted by atomic mass is 9.79. The van der Waals surface area contributed by atoms with E-state index in [0.717, 1.165) is 12.8 Å². The largest absolute Gasteiger partial charge is 0.297 e. The van der Waals surface area contributed by atoms with Crippen molar-refractivity contribution in [2.45, 2.75) is 51.1 Å². The fourth-order valence-electron chi connectivity index (χ4n) is 4.13. The van der Waals surface area contributed by atoms with E-state index in [1.807, 2.05) is 0 Å². The van der Waals surface area contributed by atoms with Gasteiger partial charge in [-0.05, 0) is 62.5 Å². The first-order valence-electron chi connectivity index (χ1n) is 7.41. The van der Waals surface area contributed by atoms with Gasteiger partial charge in [-0.2, -0.15) is 5.26 Å². The zero-order valence-electron chi connectivity index (χ0n) is 11.8. The lowest BCUT2D eigenvalue weighted by molar-refractivity contribution is 0.239. The lowest BCUT2D eigenvalue weighted by Crippen LogP contribution is -2.54. The van der Waals surface area contributed by atoms with Crippen LogP contribution < -0.4 is 5.32 Å². The van der Waals surface area contributed by atoms with Crippen LogP contribution in [0.25, 0.3) is 0 Å². The third-order valence-electron chi connectivity index (χ3n) is 4.92. The van der Waals surface area contributed by atoms with Crippen LogP contribution in [0.1, 0.15) is 37.8 Å². The van der Waals surface area contributed by atoms with Crippen molar-refractivity contribution in [1.29, 1.82) is 5.26 Å². The molecule has 0 aromatic heterocycles. The summed E-state index contributed by atoms with van der Waals surface area (Å²) in [7, 11) is 0. The van der Waals surface area contributed by atoms with E-state index in [-0.39, 0.29) is 5.54 Å². The number of nitrogens with one attached hydrogen (secondary N) is 1. The Kier molecular flexibility index (Phi) is 3.11. The van der Waals surface area contributed by atoms with Gasteiger partial charge in [0.25, 0.3) is 0 Å². The van der Waals surface area contributed by atoms with Gasteiger partial charge < -0.3 is 0 Å². The zero-order valence-corrected chi connectivity index (χ0v) is 11.8. The van der Waals surface area contributed by atoms with Crippen LogP contribution in [0, 0.1) is 23.2 Å². The first-order valence-corrected chi connectivity index (χ1v) is 7.41. The van der Waals surface area contributed by atoms with Crippen LogP contribution in [0.15, 0.2) is 24.3 Å². The molecule has 2 heteroatoms. The molecule has 0 radical (unpaired) electrons. The summed E-state index contributed by atoms with van der Waals surface area (Å²) in [6, 6.07) is 11.8. The van der Waals surface area contributed by atoms with Crippen LogP contribution in [0.3, 0.4) is 0 Å². The van der Waals surface area contributed by atoms with Gasteiger partial charge in [0.2, 0.25) is 0 Å².